The van der Waals surface area contributed by atoms with Gasteiger partial charge in [0.15, 0.2) is 5.54 Å². The Labute approximate surface area is 182 Å². The van der Waals surface area contributed by atoms with Crippen molar-refractivity contribution in [2.75, 3.05) is 6.61 Å². The van der Waals surface area contributed by atoms with Crippen LogP contribution in [0, 0.1) is 0 Å². The van der Waals surface area contributed by atoms with Gasteiger partial charge in [-0.1, -0.05) is 42.5 Å². The highest BCUT2D eigenvalue weighted by Gasteiger charge is 2.44. The highest BCUT2D eigenvalue weighted by molar-refractivity contribution is 5.89. The standard InChI is InChI=1S/C24H29NO6/c1-5-29-21(27)24(15-16-26,25-22(28)31-23(2,3)4)19-11-13-20(14-12-19)30-17-18-9-7-6-8-10-18/h6-14,16H,5,15,17H2,1-4H3,(H,25,28)/t24-/m1/s1. The van der Waals surface area contributed by atoms with Gasteiger partial charge in [-0.3, -0.25) is 0 Å². The Morgan fingerprint density at radius 2 is 1.65 bits per heavy atom. The minimum atomic E-state index is -1.71. The number of esters is 1. The Morgan fingerprint density at radius 1 is 1.00 bits per heavy atom. The van der Waals surface area contributed by atoms with Gasteiger partial charge in [0.05, 0.1) is 6.61 Å². The van der Waals surface area contributed by atoms with E-state index in [2.05, 4.69) is 5.32 Å². The fraction of sp³-hybridized carbons (Fsp3) is 0.375. The Kier molecular flexibility index (Phi) is 8.19. The van der Waals surface area contributed by atoms with Crippen molar-refractivity contribution in [3.05, 3.63) is 65.7 Å². The summed E-state index contributed by atoms with van der Waals surface area (Å²) in [5.74, 6) is -0.167. The number of amides is 1. The molecule has 31 heavy (non-hydrogen) atoms. The van der Waals surface area contributed by atoms with E-state index in [1.54, 1.807) is 52.0 Å². The highest BCUT2D eigenvalue weighted by Crippen LogP contribution is 2.29. The normalized spacial score (nSPS) is 12.9. The smallest absolute Gasteiger partial charge is 0.408 e. The lowest BCUT2D eigenvalue weighted by atomic mass is 9.87. The molecule has 0 aliphatic heterocycles. The van der Waals surface area contributed by atoms with Gasteiger partial charge in [0.2, 0.25) is 0 Å². The first kappa shape index (κ1) is 23.9. The lowest BCUT2D eigenvalue weighted by molar-refractivity contribution is -0.152. The molecule has 1 amide bonds. The molecule has 0 aliphatic rings. The molecule has 0 saturated carbocycles. The number of rotatable bonds is 9. The van der Waals surface area contributed by atoms with Gasteiger partial charge in [0.1, 0.15) is 24.2 Å². The molecule has 0 heterocycles. The number of hydrogen-bond donors (Lipinski definition) is 1. The van der Waals surface area contributed by atoms with Gasteiger partial charge in [0, 0.05) is 6.42 Å². The summed E-state index contributed by atoms with van der Waals surface area (Å²) >= 11 is 0. The van der Waals surface area contributed by atoms with Crippen molar-refractivity contribution in [2.45, 2.75) is 51.9 Å². The van der Waals surface area contributed by atoms with Gasteiger partial charge in [-0.25, -0.2) is 9.59 Å². The molecule has 7 heteroatoms. The second-order valence-electron chi connectivity index (χ2n) is 7.92. The zero-order chi connectivity index (χ0) is 22.9. The first-order chi connectivity index (χ1) is 14.7. The average Bonchev–Trinajstić information content (AvgIpc) is 2.72. The third-order valence-corrected chi connectivity index (χ3v) is 4.32. The fourth-order valence-electron chi connectivity index (χ4n) is 2.93. The minimum absolute atomic E-state index is 0.0910. The molecule has 0 fully saturated rings. The summed E-state index contributed by atoms with van der Waals surface area (Å²) < 4.78 is 16.3. The van der Waals surface area contributed by atoms with Gasteiger partial charge < -0.3 is 24.3 Å². The molecule has 0 aromatic heterocycles. The first-order valence-corrected chi connectivity index (χ1v) is 10.1. The van der Waals surface area contributed by atoms with Crippen LogP contribution in [0.25, 0.3) is 0 Å². The molecule has 0 radical (unpaired) electrons. The number of benzene rings is 2. The second-order valence-corrected chi connectivity index (χ2v) is 7.92. The predicted octanol–water partition coefficient (Wildman–Crippen LogP) is 4.14. The van der Waals surface area contributed by atoms with Crippen LogP contribution in [0.2, 0.25) is 0 Å². The number of carbonyl (C=O) groups is 3. The molecule has 2 aromatic rings. The monoisotopic (exact) mass is 427 g/mol. The van der Waals surface area contributed by atoms with Crippen LogP contribution >= 0.6 is 0 Å². The third-order valence-electron chi connectivity index (χ3n) is 4.32. The largest absolute Gasteiger partial charge is 0.489 e. The lowest BCUT2D eigenvalue weighted by Gasteiger charge is -2.32. The van der Waals surface area contributed by atoms with E-state index in [0.29, 0.717) is 24.2 Å². The maximum absolute atomic E-state index is 12.9. The van der Waals surface area contributed by atoms with Crippen LogP contribution in [0.3, 0.4) is 0 Å². The van der Waals surface area contributed by atoms with Crippen LogP contribution in [0.1, 0.15) is 45.2 Å². The molecule has 2 aromatic carbocycles. The van der Waals surface area contributed by atoms with Crippen molar-refractivity contribution in [2.24, 2.45) is 0 Å². The maximum Gasteiger partial charge on any atom is 0.408 e. The molecule has 0 spiro atoms. The summed E-state index contributed by atoms with van der Waals surface area (Å²) in [6.45, 7) is 7.24. The first-order valence-electron chi connectivity index (χ1n) is 10.1. The number of nitrogens with one attached hydrogen (secondary N) is 1. The van der Waals surface area contributed by atoms with Crippen molar-refractivity contribution in [3.63, 3.8) is 0 Å². The SMILES string of the molecule is CCOC(=O)[C@](CC=O)(NC(=O)OC(C)(C)C)c1ccc(OCc2ccccc2)cc1. The molecule has 0 saturated heterocycles. The Bertz CT molecular complexity index is 873. The van der Waals surface area contributed by atoms with Crippen LogP contribution < -0.4 is 10.1 Å². The van der Waals surface area contributed by atoms with Crippen molar-refractivity contribution in [1.82, 2.24) is 5.32 Å². The van der Waals surface area contributed by atoms with Crippen LogP contribution in [0.5, 0.6) is 5.75 Å². The van der Waals surface area contributed by atoms with E-state index in [1.807, 2.05) is 30.3 Å². The fourth-order valence-corrected chi connectivity index (χ4v) is 2.93. The van der Waals surface area contributed by atoms with Crippen molar-refractivity contribution >= 4 is 18.3 Å². The molecule has 0 aliphatic carbocycles. The Balaban J connectivity index is 2.29. The molecule has 7 nitrogen and oxygen atoms in total. The van der Waals surface area contributed by atoms with Gasteiger partial charge >= 0.3 is 12.1 Å². The number of hydrogen-bond acceptors (Lipinski definition) is 6. The third kappa shape index (κ3) is 6.84. The molecule has 166 valence electrons. The quantitative estimate of drug-likeness (QED) is 0.478. The highest BCUT2D eigenvalue weighted by atomic mass is 16.6. The van der Waals surface area contributed by atoms with Crippen molar-refractivity contribution in [3.8, 4) is 5.75 Å². The van der Waals surface area contributed by atoms with E-state index >= 15 is 0 Å². The number of ether oxygens (including phenoxy) is 3. The van der Waals surface area contributed by atoms with E-state index in [-0.39, 0.29) is 13.0 Å². The number of alkyl carbamates (subject to hydrolysis) is 1. The van der Waals surface area contributed by atoms with E-state index in [1.165, 1.54) is 0 Å². The predicted molar refractivity (Wildman–Crippen MR) is 116 cm³/mol. The topological polar surface area (TPSA) is 90.9 Å². The lowest BCUT2D eigenvalue weighted by Crippen LogP contribution is -2.54. The van der Waals surface area contributed by atoms with E-state index < -0.39 is 23.2 Å². The van der Waals surface area contributed by atoms with Crippen LogP contribution in [0.4, 0.5) is 4.79 Å². The van der Waals surface area contributed by atoms with Crippen LogP contribution in [-0.2, 0) is 31.2 Å². The minimum Gasteiger partial charge on any atom is -0.489 e. The summed E-state index contributed by atoms with van der Waals surface area (Å²) in [5, 5.41) is 2.56. The molecule has 0 unspecified atom stereocenters. The molecule has 0 bridgehead atoms. The zero-order valence-electron chi connectivity index (χ0n) is 18.3. The zero-order valence-corrected chi connectivity index (χ0v) is 18.3. The maximum atomic E-state index is 12.9. The van der Waals surface area contributed by atoms with Gasteiger partial charge in [0.25, 0.3) is 0 Å². The van der Waals surface area contributed by atoms with E-state index in [9.17, 15) is 14.4 Å². The molecule has 1 N–H and O–H groups in total. The van der Waals surface area contributed by atoms with Crippen LogP contribution in [-0.4, -0.2) is 30.6 Å². The number of carbonyl (C=O) groups excluding carboxylic acids is 3. The molecular weight excluding hydrogens is 398 g/mol. The Hall–Kier alpha value is -3.35. The summed E-state index contributed by atoms with van der Waals surface area (Å²) in [5.41, 5.74) is -1.09. The molecular formula is C24H29NO6. The average molecular weight is 427 g/mol. The summed E-state index contributed by atoms with van der Waals surface area (Å²) in [6, 6.07) is 16.3. The van der Waals surface area contributed by atoms with Crippen LogP contribution in [0.15, 0.2) is 54.6 Å². The Morgan fingerprint density at radius 3 is 2.19 bits per heavy atom. The van der Waals surface area contributed by atoms with Crippen molar-refractivity contribution in [1.29, 1.82) is 0 Å². The second kappa shape index (κ2) is 10.6. The molecule has 2 rings (SSSR count). The molecule has 1 atom stereocenters. The summed E-state index contributed by atoms with van der Waals surface area (Å²) in [4.78, 5) is 36.8. The van der Waals surface area contributed by atoms with Gasteiger partial charge in [-0.15, -0.1) is 0 Å². The van der Waals surface area contributed by atoms with Crippen molar-refractivity contribution < 1.29 is 28.6 Å². The summed E-state index contributed by atoms with van der Waals surface area (Å²) in [7, 11) is 0. The van der Waals surface area contributed by atoms with E-state index in [4.69, 9.17) is 14.2 Å². The van der Waals surface area contributed by atoms with Gasteiger partial charge in [-0.2, -0.15) is 0 Å². The number of aldehydes is 1. The van der Waals surface area contributed by atoms with E-state index in [0.717, 1.165) is 5.56 Å². The van der Waals surface area contributed by atoms with Gasteiger partial charge in [-0.05, 0) is 51.0 Å². The summed E-state index contributed by atoms with van der Waals surface area (Å²) in [6.07, 6.45) is -0.574.